The van der Waals surface area contributed by atoms with Gasteiger partial charge in [0, 0.05) is 23.9 Å². The average Bonchev–Trinajstić information content (AvgIpc) is 2.47. The second kappa shape index (κ2) is 7.02. The molecule has 0 bridgehead atoms. The van der Waals surface area contributed by atoms with Crippen LogP contribution < -0.4 is 14.8 Å². The highest BCUT2D eigenvalue weighted by Gasteiger charge is 2.18. The van der Waals surface area contributed by atoms with Crippen molar-refractivity contribution in [2.45, 2.75) is 26.2 Å². The molecule has 1 aromatic carbocycles. The topological polar surface area (TPSA) is 67.8 Å². The van der Waals surface area contributed by atoms with E-state index < -0.39 is 5.97 Å². The third kappa shape index (κ3) is 3.68. The molecular weight excluding hydrogens is 270 g/mol. The molecule has 1 aromatic rings. The van der Waals surface area contributed by atoms with Gasteiger partial charge in [-0.25, -0.2) is 4.79 Å². The number of hydrogen-bond acceptors (Lipinski definition) is 4. The fraction of sp³-hybridized carbons (Fsp3) is 0.438. The number of benzene rings is 1. The van der Waals surface area contributed by atoms with Gasteiger partial charge < -0.3 is 19.9 Å². The van der Waals surface area contributed by atoms with Gasteiger partial charge in [-0.3, -0.25) is 0 Å². The van der Waals surface area contributed by atoms with E-state index in [1.54, 1.807) is 7.11 Å². The number of hydrogen-bond donors (Lipinski definition) is 2. The van der Waals surface area contributed by atoms with Crippen LogP contribution in [0.3, 0.4) is 0 Å². The summed E-state index contributed by atoms with van der Waals surface area (Å²) in [6.07, 6.45) is 4.05. The Hall–Kier alpha value is -2.17. The number of rotatable bonds is 6. The number of unbranched alkanes of at least 4 members (excludes halogenated alkanes) is 1. The largest absolute Gasteiger partial charge is 0.493 e. The van der Waals surface area contributed by atoms with Crippen LogP contribution in [0.5, 0.6) is 11.5 Å². The molecule has 2 rings (SSSR count). The Labute approximate surface area is 124 Å². The van der Waals surface area contributed by atoms with Gasteiger partial charge in [0.05, 0.1) is 13.7 Å². The van der Waals surface area contributed by atoms with Crippen LogP contribution in [-0.4, -0.2) is 31.3 Å². The van der Waals surface area contributed by atoms with Crippen molar-refractivity contribution in [3.63, 3.8) is 0 Å². The molecule has 21 heavy (non-hydrogen) atoms. The van der Waals surface area contributed by atoms with Gasteiger partial charge in [0.2, 0.25) is 0 Å². The lowest BCUT2D eigenvalue weighted by molar-refractivity contribution is -0.131. The van der Waals surface area contributed by atoms with Gasteiger partial charge in [-0.05, 0) is 30.5 Å². The van der Waals surface area contributed by atoms with E-state index in [0.29, 0.717) is 30.3 Å². The Morgan fingerprint density at radius 1 is 1.43 bits per heavy atom. The molecule has 5 nitrogen and oxygen atoms in total. The minimum atomic E-state index is -0.963. The molecule has 1 aliphatic rings. The van der Waals surface area contributed by atoms with E-state index in [1.807, 2.05) is 12.1 Å². The maximum Gasteiger partial charge on any atom is 0.330 e. The van der Waals surface area contributed by atoms with Crippen LogP contribution >= 0.6 is 0 Å². The first-order valence-corrected chi connectivity index (χ1v) is 7.18. The van der Waals surface area contributed by atoms with Gasteiger partial charge in [-0.15, -0.1) is 0 Å². The summed E-state index contributed by atoms with van der Waals surface area (Å²) in [5.74, 6) is 0.390. The SMILES string of the molecule is CCCCOc1cc2c(cc1OC)CCN/C2=C/C(=O)O. The molecule has 0 radical (unpaired) electrons. The first-order chi connectivity index (χ1) is 10.2. The molecule has 0 atom stereocenters. The van der Waals surface area contributed by atoms with E-state index in [-0.39, 0.29) is 0 Å². The zero-order valence-corrected chi connectivity index (χ0v) is 12.4. The Bertz CT molecular complexity index is 551. The maximum absolute atomic E-state index is 10.9. The molecule has 0 saturated carbocycles. The first-order valence-electron chi connectivity index (χ1n) is 7.18. The third-order valence-electron chi connectivity index (χ3n) is 3.41. The molecule has 1 heterocycles. The number of aliphatic carboxylic acids is 1. The molecule has 2 N–H and O–H groups in total. The quantitative estimate of drug-likeness (QED) is 0.622. The van der Waals surface area contributed by atoms with E-state index in [4.69, 9.17) is 14.6 Å². The second-order valence-corrected chi connectivity index (χ2v) is 4.94. The minimum absolute atomic E-state index is 0.617. The molecule has 0 unspecified atom stereocenters. The van der Waals surface area contributed by atoms with Crippen LogP contribution in [0, 0.1) is 0 Å². The maximum atomic E-state index is 10.9. The summed E-state index contributed by atoms with van der Waals surface area (Å²) in [6.45, 7) is 3.44. The second-order valence-electron chi connectivity index (χ2n) is 4.94. The van der Waals surface area contributed by atoms with E-state index >= 15 is 0 Å². The molecular formula is C16H21NO4. The van der Waals surface area contributed by atoms with Gasteiger partial charge >= 0.3 is 5.97 Å². The van der Waals surface area contributed by atoms with Crippen LogP contribution in [0.4, 0.5) is 0 Å². The van der Waals surface area contributed by atoms with Gasteiger partial charge in [-0.2, -0.15) is 0 Å². The van der Waals surface area contributed by atoms with Crippen molar-refractivity contribution in [1.29, 1.82) is 0 Å². The van der Waals surface area contributed by atoms with E-state index in [2.05, 4.69) is 12.2 Å². The normalized spacial score (nSPS) is 15.2. The molecule has 0 amide bonds. The zero-order chi connectivity index (χ0) is 15.2. The highest BCUT2D eigenvalue weighted by atomic mass is 16.5. The standard InChI is InChI=1S/C16H21NO4/c1-3-4-7-21-15-9-12-11(8-14(15)20-2)5-6-17-13(12)10-16(18)19/h8-10,17H,3-7H2,1-2H3,(H,18,19)/b13-10+. The Kier molecular flexibility index (Phi) is 5.09. The van der Waals surface area contributed by atoms with Crippen molar-refractivity contribution in [2.75, 3.05) is 20.3 Å². The third-order valence-corrected chi connectivity index (χ3v) is 3.41. The van der Waals surface area contributed by atoms with Crippen molar-refractivity contribution >= 4 is 11.7 Å². The number of carboxylic acid groups (broad SMARTS) is 1. The van der Waals surface area contributed by atoms with Crippen LogP contribution in [0.1, 0.15) is 30.9 Å². The fourth-order valence-electron chi connectivity index (χ4n) is 2.34. The van der Waals surface area contributed by atoms with Crippen molar-refractivity contribution < 1.29 is 19.4 Å². The summed E-state index contributed by atoms with van der Waals surface area (Å²) in [5.41, 5.74) is 2.56. The number of nitrogens with one attached hydrogen (secondary N) is 1. The number of carboxylic acids is 1. The fourth-order valence-corrected chi connectivity index (χ4v) is 2.34. The minimum Gasteiger partial charge on any atom is -0.493 e. The molecule has 0 spiro atoms. The number of ether oxygens (including phenoxy) is 2. The predicted octanol–water partition coefficient (Wildman–Crippen LogP) is 2.45. The highest BCUT2D eigenvalue weighted by Crippen LogP contribution is 2.35. The van der Waals surface area contributed by atoms with Gasteiger partial charge in [0.15, 0.2) is 11.5 Å². The van der Waals surface area contributed by atoms with Crippen LogP contribution in [0.15, 0.2) is 18.2 Å². The Morgan fingerprint density at radius 2 is 2.24 bits per heavy atom. The van der Waals surface area contributed by atoms with Gasteiger partial charge in [-0.1, -0.05) is 13.3 Å². The van der Waals surface area contributed by atoms with Crippen LogP contribution in [0.25, 0.3) is 5.70 Å². The molecule has 0 saturated heterocycles. The summed E-state index contributed by atoms with van der Waals surface area (Å²) in [4.78, 5) is 10.9. The van der Waals surface area contributed by atoms with Crippen LogP contribution in [-0.2, 0) is 11.2 Å². The van der Waals surface area contributed by atoms with E-state index in [0.717, 1.165) is 30.4 Å². The van der Waals surface area contributed by atoms with E-state index in [9.17, 15) is 4.79 Å². The summed E-state index contributed by atoms with van der Waals surface area (Å²) in [7, 11) is 1.61. The van der Waals surface area contributed by atoms with Crippen LogP contribution in [0.2, 0.25) is 0 Å². The molecule has 1 aliphatic heterocycles. The van der Waals surface area contributed by atoms with Crippen molar-refractivity contribution in [3.05, 3.63) is 29.3 Å². The Morgan fingerprint density at radius 3 is 2.90 bits per heavy atom. The summed E-state index contributed by atoms with van der Waals surface area (Å²) in [5, 5.41) is 12.1. The molecule has 114 valence electrons. The smallest absolute Gasteiger partial charge is 0.330 e. The molecule has 0 aromatic heterocycles. The molecule has 5 heteroatoms. The first kappa shape index (κ1) is 15.2. The summed E-state index contributed by atoms with van der Waals surface area (Å²) < 4.78 is 11.1. The number of fused-ring (bicyclic) bond motifs is 1. The van der Waals surface area contributed by atoms with Crippen molar-refractivity contribution in [2.24, 2.45) is 0 Å². The summed E-state index contributed by atoms with van der Waals surface area (Å²) >= 11 is 0. The zero-order valence-electron chi connectivity index (χ0n) is 12.4. The number of methoxy groups -OCH3 is 1. The lowest BCUT2D eigenvalue weighted by Gasteiger charge is -2.23. The summed E-state index contributed by atoms with van der Waals surface area (Å²) in [6, 6.07) is 3.80. The lowest BCUT2D eigenvalue weighted by atomic mass is 9.97. The van der Waals surface area contributed by atoms with Gasteiger partial charge in [0.25, 0.3) is 0 Å². The molecule has 0 fully saturated rings. The lowest BCUT2D eigenvalue weighted by Crippen LogP contribution is -2.23. The average molecular weight is 291 g/mol. The highest BCUT2D eigenvalue weighted by molar-refractivity contribution is 5.90. The van der Waals surface area contributed by atoms with E-state index in [1.165, 1.54) is 6.08 Å². The number of carbonyl (C=O) groups is 1. The predicted molar refractivity (Wildman–Crippen MR) is 80.7 cm³/mol. The van der Waals surface area contributed by atoms with Gasteiger partial charge in [0.1, 0.15) is 0 Å². The van der Waals surface area contributed by atoms with Crippen molar-refractivity contribution in [1.82, 2.24) is 5.32 Å². The monoisotopic (exact) mass is 291 g/mol. The molecule has 0 aliphatic carbocycles. The van der Waals surface area contributed by atoms with Crippen molar-refractivity contribution in [3.8, 4) is 11.5 Å². The Balaban J connectivity index is 2.37.